The Balaban J connectivity index is 1.69. The molecule has 4 nitrogen and oxygen atoms in total. The van der Waals surface area contributed by atoms with E-state index in [0.717, 1.165) is 36.6 Å². The van der Waals surface area contributed by atoms with Crippen molar-refractivity contribution in [3.05, 3.63) is 51.6 Å². The lowest BCUT2D eigenvalue weighted by molar-refractivity contribution is 0.108. The van der Waals surface area contributed by atoms with E-state index < -0.39 is 0 Å². The van der Waals surface area contributed by atoms with Gasteiger partial charge < -0.3 is 14.5 Å². The predicted molar refractivity (Wildman–Crippen MR) is 81.2 cm³/mol. The second-order valence-corrected chi connectivity index (χ2v) is 5.89. The number of hydrogen-bond donors (Lipinski definition) is 1. The van der Waals surface area contributed by atoms with Gasteiger partial charge in [-0.05, 0) is 18.1 Å². The van der Waals surface area contributed by atoms with E-state index in [1.54, 1.807) is 0 Å². The number of para-hydroxylation sites is 1. The number of nitrogens with one attached hydrogen (secondary N) is 1. The lowest BCUT2D eigenvalue weighted by atomic mass is 9.95. The standard InChI is InChI=1S/C16H16N2O2S/c21-16-12-9-19-6-5-13(12)17-15(18-16)11-7-10-3-1-2-4-14(10)20-8-11/h1-4,11H,5-9H2,(H,17,18,21). The smallest absolute Gasteiger partial charge is 0.135 e. The van der Waals surface area contributed by atoms with Gasteiger partial charge in [-0.1, -0.05) is 30.4 Å². The average molecular weight is 300 g/mol. The molecule has 0 radical (unpaired) electrons. The second-order valence-electron chi connectivity index (χ2n) is 5.51. The molecule has 0 amide bonds. The number of aromatic amines is 1. The molecule has 21 heavy (non-hydrogen) atoms. The zero-order valence-electron chi connectivity index (χ0n) is 11.6. The quantitative estimate of drug-likeness (QED) is 0.823. The van der Waals surface area contributed by atoms with Gasteiger partial charge in [-0.3, -0.25) is 0 Å². The summed E-state index contributed by atoms with van der Waals surface area (Å²) in [5, 5.41) is 0. The second kappa shape index (κ2) is 5.24. The molecule has 108 valence electrons. The van der Waals surface area contributed by atoms with Crippen LogP contribution in [0.15, 0.2) is 24.3 Å². The van der Waals surface area contributed by atoms with E-state index in [0.29, 0.717) is 17.9 Å². The van der Waals surface area contributed by atoms with Crippen LogP contribution in [0.3, 0.4) is 0 Å². The summed E-state index contributed by atoms with van der Waals surface area (Å²) in [6.45, 7) is 1.96. The molecule has 1 N–H and O–H groups in total. The van der Waals surface area contributed by atoms with Crippen LogP contribution in [0.25, 0.3) is 0 Å². The van der Waals surface area contributed by atoms with Gasteiger partial charge in [0.15, 0.2) is 0 Å². The molecule has 0 saturated heterocycles. The van der Waals surface area contributed by atoms with E-state index >= 15 is 0 Å². The Hall–Kier alpha value is -1.72. The summed E-state index contributed by atoms with van der Waals surface area (Å²) in [6.07, 6.45) is 1.81. The Morgan fingerprint density at radius 2 is 2.19 bits per heavy atom. The first-order valence-corrected chi connectivity index (χ1v) is 7.62. The summed E-state index contributed by atoms with van der Waals surface area (Å²) in [4.78, 5) is 8.05. The highest BCUT2D eigenvalue weighted by atomic mass is 32.1. The fourth-order valence-electron chi connectivity index (χ4n) is 2.97. The maximum absolute atomic E-state index is 5.86. The molecule has 2 aromatic rings. The van der Waals surface area contributed by atoms with Gasteiger partial charge in [-0.2, -0.15) is 0 Å². The van der Waals surface area contributed by atoms with Gasteiger partial charge in [0.2, 0.25) is 0 Å². The van der Waals surface area contributed by atoms with Crippen molar-refractivity contribution >= 4 is 12.2 Å². The lowest BCUT2D eigenvalue weighted by Gasteiger charge is -2.26. The summed E-state index contributed by atoms with van der Waals surface area (Å²) < 4.78 is 12.0. The van der Waals surface area contributed by atoms with E-state index in [-0.39, 0.29) is 5.92 Å². The highest BCUT2D eigenvalue weighted by molar-refractivity contribution is 7.71. The molecule has 1 aromatic heterocycles. The van der Waals surface area contributed by atoms with Crippen molar-refractivity contribution in [2.24, 2.45) is 0 Å². The van der Waals surface area contributed by atoms with Gasteiger partial charge in [0.05, 0.1) is 25.7 Å². The zero-order valence-corrected chi connectivity index (χ0v) is 12.4. The van der Waals surface area contributed by atoms with Gasteiger partial charge in [-0.25, -0.2) is 4.98 Å². The third-order valence-electron chi connectivity index (χ3n) is 4.13. The molecule has 1 aromatic carbocycles. The topological polar surface area (TPSA) is 47.1 Å². The average Bonchev–Trinajstić information content (AvgIpc) is 2.54. The van der Waals surface area contributed by atoms with E-state index in [4.69, 9.17) is 21.7 Å². The minimum Gasteiger partial charge on any atom is -0.493 e. The van der Waals surface area contributed by atoms with Crippen LogP contribution in [-0.2, 0) is 24.2 Å². The fourth-order valence-corrected chi connectivity index (χ4v) is 3.25. The number of benzene rings is 1. The Kier molecular flexibility index (Phi) is 3.24. The van der Waals surface area contributed by atoms with Crippen molar-refractivity contribution in [3.63, 3.8) is 0 Å². The normalized spacial score (nSPS) is 20.3. The van der Waals surface area contributed by atoms with Crippen LogP contribution in [0.1, 0.15) is 28.6 Å². The third kappa shape index (κ3) is 2.36. The van der Waals surface area contributed by atoms with Crippen LogP contribution in [0.5, 0.6) is 5.75 Å². The molecule has 0 fully saturated rings. The minimum atomic E-state index is 0.231. The number of fused-ring (bicyclic) bond motifs is 2. The van der Waals surface area contributed by atoms with Crippen molar-refractivity contribution in [2.45, 2.75) is 25.4 Å². The van der Waals surface area contributed by atoms with Gasteiger partial charge >= 0.3 is 0 Å². The molecule has 5 heteroatoms. The molecule has 0 aliphatic carbocycles. The molecule has 0 saturated carbocycles. The lowest BCUT2D eigenvalue weighted by Crippen LogP contribution is -2.23. The first-order chi connectivity index (χ1) is 10.3. The van der Waals surface area contributed by atoms with Crippen molar-refractivity contribution in [3.8, 4) is 5.75 Å². The number of nitrogens with zero attached hydrogens (tertiary/aromatic N) is 1. The van der Waals surface area contributed by atoms with Crippen molar-refractivity contribution in [2.75, 3.05) is 13.2 Å². The number of H-pyrrole nitrogens is 1. The Morgan fingerprint density at radius 1 is 1.29 bits per heavy atom. The molecule has 1 atom stereocenters. The van der Waals surface area contributed by atoms with Crippen molar-refractivity contribution in [1.29, 1.82) is 0 Å². The van der Waals surface area contributed by atoms with Crippen LogP contribution in [-0.4, -0.2) is 23.2 Å². The summed E-state index contributed by atoms with van der Waals surface area (Å²) in [6, 6.07) is 8.18. The minimum absolute atomic E-state index is 0.231. The molecular formula is C16H16N2O2S. The number of hydrogen-bond acceptors (Lipinski definition) is 4. The van der Waals surface area contributed by atoms with Crippen molar-refractivity contribution in [1.82, 2.24) is 9.97 Å². The van der Waals surface area contributed by atoms with E-state index in [1.165, 1.54) is 11.3 Å². The summed E-state index contributed by atoms with van der Waals surface area (Å²) in [5.74, 6) is 2.16. The fraction of sp³-hybridized carbons (Fsp3) is 0.375. The van der Waals surface area contributed by atoms with Gasteiger partial charge in [0.1, 0.15) is 16.2 Å². The Bertz CT molecular complexity index is 741. The Morgan fingerprint density at radius 3 is 3.14 bits per heavy atom. The number of ether oxygens (including phenoxy) is 2. The SMILES string of the molecule is S=c1nc(C2COc3ccccc3C2)[nH]c2c1COCC2. The maximum atomic E-state index is 5.86. The van der Waals surface area contributed by atoms with E-state index in [1.807, 2.05) is 18.2 Å². The summed E-state index contributed by atoms with van der Waals surface area (Å²) >= 11 is 5.42. The largest absolute Gasteiger partial charge is 0.493 e. The monoisotopic (exact) mass is 300 g/mol. The molecule has 0 bridgehead atoms. The highest BCUT2D eigenvalue weighted by Gasteiger charge is 2.24. The molecular weight excluding hydrogens is 284 g/mol. The Labute approximate surface area is 128 Å². The molecule has 3 heterocycles. The van der Waals surface area contributed by atoms with Crippen LogP contribution in [0, 0.1) is 4.64 Å². The van der Waals surface area contributed by atoms with Crippen LogP contribution < -0.4 is 4.74 Å². The maximum Gasteiger partial charge on any atom is 0.135 e. The van der Waals surface area contributed by atoms with Crippen LogP contribution in [0.2, 0.25) is 0 Å². The van der Waals surface area contributed by atoms with Crippen LogP contribution in [0.4, 0.5) is 0 Å². The predicted octanol–water partition coefficient (Wildman–Crippen LogP) is 2.93. The summed E-state index contributed by atoms with van der Waals surface area (Å²) in [5.41, 5.74) is 3.45. The zero-order chi connectivity index (χ0) is 14.2. The van der Waals surface area contributed by atoms with Crippen molar-refractivity contribution < 1.29 is 9.47 Å². The van der Waals surface area contributed by atoms with Gasteiger partial charge in [-0.15, -0.1) is 0 Å². The number of rotatable bonds is 1. The van der Waals surface area contributed by atoms with Gasteiger partial charge in [0, 0.05) is 17.7 Å². The summed E-state index contributed by atoms with van der Waals surface area (Å²) in [7, 11) is 0. The van der Waals surface area contributed by atoms with Crippen LogP contribution >= 0.6 is 12.2 Å². The molecule has 4 rings (SSSR count). The molecule has 2 aliphatic rings. The number of aromatic nitrogens is 2. The third-order valence-corrected chi connectivity index (χ3v) is 4.47. The first-order valence-electron chi connectivity index (χ1n) is 7.21. The van der Waals surface area contributed by atoms with Gasteiger partial charge in [0.25, 0.3) is 0 Å². The molecule has 1 unspecified atom stereocenters. The highest BCUT2D eigenvalue weighted by Crippen LogP contribution is 2.31. The van der Waals surface area contributed by atoms with E-state index in [9.17, 15) is 0 Å². The van der Waals surface area contributed by atoms with E-state index in [2.05, 4.69) is 16.0 Å². The molecule has 0 spiro atoms. The molecule has 2 aliphatic heterocycles. The first kappa shape index (κ1) is 13.0.